The van der Waals surface area contributed by atoms with Crippen molar-refractivity contribution in [2.75, 3.05) is 24.5 Å². The van der Waals surface area contributed by atoms with Crippen LogP contribution in [0, 0.1) is 6.92 Å². The molecule has 2 heterocycles. The van der Waals surface area contributed by atoms with Crippen LogP contribution in [0.5, 0.6) is 0 Å². The summed E-state index contributed by atoms with van der Waals surface area (Å²) in [6.45, 7) is 4.53. The Morgan fingerprint density at radius 1 is 1.27 bits per heavy atom. The highest BCUT2D eigenvalue weighted by Crippen LogP contribution is 2.37. The number of carboxylic acids is 1. The average molecular weight is 452 g/mol. The number of hydrogen-bond donors (Lipinski definition) is 3. The molecule has 0 saturated carbocycles. The number of carboxylic acid groups (broad SMARTS) is 1. The van der Waals surface area contributed by atoms with Gasteiger partial charge in [-0.3, -0.25) is 9.59 Å². The minimum absolute atomic E-state index is 0.0454. The third kappa shape index (κ3) is 4.83. The van der Waals surface area contributed by atoms with E-state index in [1.807, 2.05) is 11.8 Å². The fourth-order valence-corrected chi connectivity index (χ4v) is 3.74. The highest BCUT2D eigenvalue weighted by Gasteiger charge is 2.29. The van der Waals surface area contributed by atoms with Gasteiger partial charge in [0.05, 0.1) is 15.7 Å². The van der Waals surface area contributed by atoms with E-state index in [0.29, 0.717) is 40.9 Å². The fourth-order valence-electron chi connectivity index (χ4n) is 3.34. The smallest absolute Gasteiger partial charge is 0.322 e. The van der Waals surface area contributed by atoms with Crippen LogP contribution in [0.4, 0.5) is 5.95 Å². The molecule has 1 aromatic carbocycles. The quantitative estimate of drug-likeness (QED) is 0.638. The van der Waals surface area contributed by atoms with Gasteiger partial charge in [0.2, 0.25) is 5.95 Å². The van der Waals surface area contributed by atoms with Gasteiger partial charge in [-0.05, 0) is 32.8 Å². The lowest BCUT2D eigenvalue weighted by Gasteiger charge is -2.37. The average Bonchev–Trinajstić information content (AvgIpc) is 2.68. The molecule has 1 aromatic heterocycles. The van der Waals surface area contributed by atoms with Crippen LogP contribution < -0.4 is 16.0 Å². The van der Waals surface area contributed by atoms with Crippen molar-refractivity contribution in [3.63, 3.8) is 0 Å². The highest BCUT2D eigenvalue weighted by atomic mass is 35.5. The van der Waals surface area contributed by atoms with Crippen LogP contribution in [0.3, 0.4) is 0 Å². The maximum Gasteiger partial charge on any atom is 0.322 e. The van der Waals surface area contributed by atoms with Crippen molar-refractivity contribution in [2.24, 2.45) is 5.73 Å². The van der Waals surface area contributed by atoms with E-state index >= 15 is 0 Å². The molecule has 0 spiro atoms. The second kappa shape index (κ2) is 8.75. The lowest BCUT2D eigenvalue weighted by Crippen LogP contribution is -2.48. The summed E-state index contributed by atoms with van der Waals surface area (Å²) in [6.07, 6.45) is 1.52. The fraction of sp³-hybridized carbons (Fsp3) is 0.400. The van der Waals surface area contributed by atoms with Crippen LogP contribution in [-0.4, -0.2) is 52.1 Å². The number of nitrogens with zero attached hydrogens (tertiary/aromatic N) is 3. The second-order valence-electron chi connectivity index (χ2n) is 7.65. The van der Waals surface area contributed by atoms with Crippen molar-refractivity contribution in [1.82, 2.24) is 15.3 Å². The van der Waals surface area contributed by atoms with E-state index < -0.39 is 18.4 Å². The number of aromatic nitrogens is 2. The molecule has 1 saturated heterocycles. The second-order valence-corrected chi connectivity index (χ2v) is 8.44. The third-order valence-corrected chi connectivity index (χ3v) is 5.92. The molecule has 3 rings (SSSR count). The molecule has 0 aliphatic carbocycles. The minimum atomic E-state index is -1.16. The van der Waals surface area contributed by atoms with Gasteiger partial charge in [0.15, 0.2) is 0 Å². The molecule has 0 atom stereocenters. The number of hydrogen-bond acceptors (Lipinski definition) is 6. The first-order valence-electron chi connectivity index (χ1n) is 9.46. The Hall–Kier alpha value is -2.42. The zero-order valence-corrected chi connectivity index (χ0v) is 18.2. The molecule has 30 heavy (non-hydrogen) atoms. The molecule has 1 fully saturated rings. The monoisotopic (exact) mass is 451 g/mol. The zero-order chi connectivity index (χ0) is 22.1. The normalized spacial score (nSPS) is 15.7. The van der Waals surface area contributed by atoms with Crippen molar-refractivity contribution in [2.45, 2.75) is 32.2 Å². The molecule has 10 heteroatoms. The van der Waals surface area contributed by atoms with Crippen LogP contribution in [0.1, 0.15) is 35.9 Å². The molecule has 4 N–H and O–H groups in total. The zero-order valence-electron chi connectivity index (χ0n) is 16.7. The molecule has 0 radical (unpaired) electrons. The number of amides is 1. The Bertz CT molecular complexity index is 987. The molecule has 8 nitrogen and oxygen atoms in total. The number of aliphatic carboxylic acids is 1. The Labute approximate surface area is 184 Å². The van der Waals surface area contributed by atoms with Gasteiger partial charge in [0.1, 0.15) is 12.2 Å². The van der Waals surface area contributed by atoms with Crippen molar-refractivity contribution in [3.8, 4) is 11.1 Å². The summed E-state index contributed by atoms with van der Waals surface area (Å²) in [6, 6.07) is 5.07. The van der Waals surface area contributed by atoms with Crippen LogP contribution in [-0.2, 0) is 4.79 Å². The number of carbonyl (C=O) groups excluding carboxylic acids is 1. The van der Waals surface area contributed by atoms with Crippen molar-refractivity contribution in [3.05, 3.63) is 39.6 Å². The van der Waals surface area contributed by atoms with Crippen LogP contribution in [0.25, 0.3) is 11.1 Å². The lowest BCUT2D eigenvalue weighted by atomic mass is 9.91. The first kappa shape index (κ1) is 22.3. The summed E-state index contributed by atoms with van der Waals surface area (Å²) in [5.41, 5.74) is 7.45. The Morgan fingerprint density at radius 2 is 1.93 bits per heavy atom. The van der Waals surface area contributed by atoms with Crippen LogP contribution >= 0.6 is 23.2 Å². The maximum absolute atomic E-state index is 12.9. The molecular weight excluding hydrogens is 429 g/mol. The topological polar surface area (TPSA) is 121 Å². The Kier molecular flexibility index (Phi) is 6.50. The van der Waals surface area contributed by atoms with Gasteiger partial charge in [0.25, 0.3) is 5.91 Å². The summed E-state index contributed by atoms with van der Waals surface area (Å²) in [5.74, 6) is -1.39. The number of benzene rings is 1. The largest absolute Gasteiger partial charge is 0.480 e. The molecular formula is C20H23Cl2N5O3. The Morgan fingerprint density at radius 3 is 2.57 bits per heavy atom. The van der Waals surface area contributed by atoms with E-state index in [-0.39, 0.29) is 16.3 Å². The van der Waals surface area contributed by atoms with Crippen molar-refractivity contribution in [1.29, 1.82) is 0 Å². The number of rotatable bonds is 5. The van der Waals surface area contributed by atoms with E-state index in [9.17, 15) is 9.59 Å². The van der Waals surface area contributed by atoms with E-state index in [2.05, 4.69) is 15.3 Å². The summed E-state index contributed by atoms with van der Waals surface area (Å²) < 4.78 is 0. The molecule has 2 aromatic rings. The van der Waals surface area contributed by atoms with E-state index in [4.69, 9.17) is 34.0 Å². The number of halogens is 2. The van der Waals surface area contributed by atoms with E-state index in [1.165, 1.54) is 0 Å². The molecule has 160 valence electrons. The van der Waals surface area contributed by atoms with E-state index in [1.54, 1.807) is 25.1 Å². The molecule has 0 bridgehead atoms. The standard InChI is InChI=1S/C20H23Cl2N5O3/c1-11-15(12-4-3-5-13(21)16(12)22)17(18(30)24-10-14(28)29)26-19(25-11)27-8-6-20(2,23)7-9-27/h3-5H,6-10,23H2,1-2H3,(H,24,30)(H,28,29). The lowest BCUT2D eigenvalue weighted by molar-refractivity contribution is -0.135. The minimum Gasteiger partial charge on any atom is -0.480 e. The van der Waals surface area contributed by atoms with Gasteiger partial charge in [-0.2, -0.15) is 0 Å². The van der Waals surface area contributed by atoms with Crippen LogP contribution in [0.15, 0.2) is 18.2 Å². The van der Waals surface area contributed by atoms with Crippen molar-refractivity contribution >= 4 is 41.0 Å². The number of nitrogens with two attached hydrogens (primary N) is 1. The first-order valence-corrected chi connectivity index (χ1v) is 10.2. The third-order valence-electron chi connectivity index (χ3n) is 5.10. The predicted molar refractivity (Wildman–Crippen MR) is 116 cm³/mol. The van der Waals surface area contributed by atoms with Gasteiger partial charge in [-0.25, -0.2) is 9.97 Å². The number of nitrogens with one attached hydrogen (secondary N) is 1. The Balaban J connectivity index is 2.08. The summed E-state index contributed by atoms with van der Waals surface area (Å²) in [5, 5.41) is 11.9. The molecule has 0 unspecified atom stereocenters. The van der Waals surface area contributed by atoms with E-state index in [0.717, 1.165) is 12.8 Å². The highest BCUT2D eigenvalue weighted by molar-refractivity contribution is 6.43. The van der Waals surface area contributed by atoms with Gasteiger partial charge >= 0.3 is 5.97 Å². The van der Waals surface area contributed by atoms with Crippen molar-refractivity contribution < 1.29 is 14.7 Å². The number of anilines is 1. The summed E-state index contributed by atoms with van der Waals surface area (Å²) >= 11 is 12.5. The van der Waals surface area contributed by atoms with Gasteiger partial charge in [-0.15, -0.1) is 0 Å². The van der Waals surface area contributed by atoms with Crippen LogP contribution in [0.2, 0.25) is 10.0 Å². The first-order chi connectivity index (χ1) is 14.1. The molecule has 1 amide bonds. The number of piperidine rings is 1. The predicted octanol–water partition coefficient (Wildman–Crippen LogP) is 2.89. The number of carbonyl (C=O) groups is 2. The maximum atomic E-state index is 12.9. The van der Waals surface area contributed by atoms with Gasteiger partial charge in [0, 0.05) is 29.8 Å². The molecule has 1 aliphatic heterocycles. The SMILES string of the molecule is Cc1nc(N2CCC(C)(N)CC2)nc(C(=O)NCC(=O)O)c1-c1cccc(Cl)c1Cl. The van der Waals surface area contributed by atoms with Gasteiger partial charge < -0.3 is 21.1 Å². The number of aryl methyl sites for hydroxylation is 1. The summed E-state index contributed by atoms with van der Waals surface area (Å²) in [7, 11) is 0. The van der Waals surface area contributed by atoms with Gasteiger partial charge in [-0.1, -0.05) is 35.3 Å². The molecule has 1 aliphatic rings. The summed E-state index contributed by atoms with van der Waals surface area (Å²) in [4.78, 5) is 34.8.